The number of amides is 1. The Labute approximate surface area is 211 Å². The molecule has 1 saturated heterocycles. The van der Waals surface area contributed by atoms with Gasteiger partial charge in [-0.05, 0) is 37.5 Å². The molecule has 3 aromatic rings. The number of imidazole rings is 1. The smallest absolute Gasteiger partial charge is 0.295 e. The van der Waals surface area contributed by atoms with Gasteiger partial charge in [-0.15, -0.1) is 0 Å². The summed E-state index contributed by atoms with van der Waals surface area (Å²) in [6.45, 7) is 5.93. The number of aromatic amines is 1. The minimum atomic E-state index is -2.80. The number of nitrogens with zero attached hydrogens (tertiary/aromatic N) is 4. The summed E-state index contributed by atoms with van der Waals surface area (Å²) >= 11 is 0. The number of alkyl halides is 2. The van der Waals surface area contributed by atoms with Crippen molar-refractivity contribution in [3.05, 3.63) is 30.1 Å². The third-order valence-corrected chi connectivity index (χ3v) is 7.05. The van der Waals surface area contributed by atoms with Crippen molar-refractivity contribution in [1.82, 2.24) is 15.0 Å². The fourth-order valence-corrected chi connectivity index (χ4v) is 4.21. The lowest BCUT2D eigenvalue weighted by Crippen LogP contribution is -2.37. The highest BCUT2D eigenvalue weighted by Crippen LogP contribution is 2.37. The number of anilines is 5. The molecule has 0 radical (unpaired) electrons. The maximum atomic E-state index is 13.3. The monoisotopic (exact) mass is 519 g/mol. The Morgan fingerprint density at radius 3 is 2.50 bits per heavy atom. The molecule has 2 aromatic heterocycles. The number of rotatable bonds is 8. The van der Waals surface area contributed by atoms with Gasteiger partial charge in [0.2, 0.25) is 5.91 Å². The van der Waals surface area contributed by atoms with Crippen molar-refractivity contribution in [1.29, 1.82) is 0 Å². The zero-order valence-corrected chi connectivity index (χ0v) is 21.6. The second-order valence-corrected chi connectivity index (χ2v) is 9.92. The summed E-state index contributed by atoms with van der Waals surface area (Å²) in [4.78, 5) is 25.3. The summed E-state index contributed by atoms with van der Waals surface area (Å²) in [5, 5.41) is 6.02. The van der Waals surface area contributed by atoms with Gasteiger partial charge in [0.1, 0.15) is 22.3 Å². The first-order chi connectivity index (χ1) is 17.3. The van der Waals surface area contributed by atoms with E-state index < -0.39 is 23.2 Å². The second kappa shape index (κ2) is 10.8. The Hall–Kier alpha value is -3.28. The molecule has 1 aliphatic heterocycles. The molecule has 2 aliphatic rings. The summed E-state index contributed by atoms with van der Waals surface area (Å²) in [5.74, 6) is -0.469. The van der Waals surface area contributed by atoms with Gasteiger partial charge in [-0.2, -0.15) is 0 Å². The van der Waals surface area contributed by atoms with E-state index in [0.29, 0.717) is 17.1 Å². The lowest BCUT2D eigenvalue weighted by atomic mass is 10.1. The van der Waals surface area contributed by atoms with E-state index in [1.54, 1.807) is 23.7 Å². The van der Waals surface area contributed by atoms with E-state index in [1.165, 1.54) is 0 Å². The summed E-state index contributed by atoms with van der Waals surface area (Å²) in [6.07, 6.45) is 1.56. The van der Waals surface area contributed by atoms with Crippen LogP contribution in [-0.2, 0) is 15.8 Å². The van der Waals surface area contributed by atoms with Crippen molar-refractivity contribution < 1.29 is 17.8 Å². The average Bonchev–Trinajstić information content (AvgIpc) is 3.58. The van der Waals surface area contributed by atoms with E-state index >= 15 is 0 Å². The van der Waals surface area contributed by atoms with Crippen LogP contribution in [-0.4, -0.2) is 51.5 Å². The molecule has 3 heterocycles. The molecule has 0 bridgehead atoms. The highest BCUT2D eigenvalue weighted by molar-refractivity contribution is 7.85. The number of carbonyl (C=O) groups excluding carboxylic acids is 1. The molecule has 12 heteroatoms. The Morgan fingerprint density at radius 1 is 1.19 bits per heavy atom. The number of hydrogen-bond donors (Lipinski definition) is 3. The van der Waals surface area contributed by atoms with Crippen LogP contribution in [0.1, 0.15) is 45.4 Å². The first-order valence-corrected chi connectivity index (χ1v) is 13.5. The highest BCUT2D eigenvalue weighted by Gasteiger charge is 2.30. The van der Waals surface area contributed by atoms with Gasteiger partial charge in [-0.25, -0.2) is 23.0 Å². The second-order valence-electron chi connectivity index (χ2n) is 8.53. The maximum Gasteiger partial charge on any atom is 0.295 e. The third kappa shape index (κ3) is 5.43. The van der Waals surface area contributed by atoms with E-state index in [9.17, 15) is 17.8 Å². The predicted octanol–water partition coefficient (Wildman–Crippen LogP) is 4.95. The molecule has 1 aliphatic carbocycles. The fraction of sp³-hybridized carbons (Fsp3) is 0.458. The fourth-order valence-electron chi connectivity index (χ4n) is 3.79. The molecule has 5 rings (SSSR count). The number of fused-ring (bicyclic) bond motifs is 1. The molecule has 36 heavy (non-hydrogen) atoms. The van der Waals surface area contributed by atoms with Crippen LogP contribution in [0.15, 0.2) is 24.3 Å². The first kappa shape index (κ1) is 25.8. The Kier molecular flexibility index (Phi) is 7.72. The van der Waals surface area contributed by atoms with Crippen LogP contribution in [0.2, 0.25) is 0 Å². The lowest BCUT2D eigenvalue weighted by molar-refractivity contribution is -0.117. The van der Waals surface area contributed by atoms with E-state index in [2.05, 4.69) is 30.5 Å². The molecule has 2 fully saturated rings. The van der Waals surface area contributed by atoms with Crippen LogP contribution in [0.3, 0.4) is 0 Å². The number of carbonyl (C=O) groups is 1. The van der Waals surface area contributed by atoms with E-state index in [0.717, 1.165) is 38.0 Å². The Balaban J connectivity index is 0.00000148. The number of H-pyrrole nitrogens is 1. The van der Waals surface area contributed by atoms with Gasteiger partial charge in [0.15, 0.2) is 11.5 Å². The summed E-state index contributed by atoms with van der Waals surface area (Å²) in [5.41, 5.74) is 3.11. The number of benzene rings is 1. The van der Waals surface area contributed by atoms with Crippen molar-refractivity contribution in [2.45, 2.75) is 39.5 Å². The van der Waals surface area contributed by atoms with Crippen LogP contribution in [0, 0.1) is 5.92 Å². The molecule has 3 N–H and O–H groups in total. The van der Waals surface area contributed by atoms with Crippen LogP contribution in [0.4, 0.5) is 37.3 Å². The van der Waals surface area contributed by atoms with E-state index in [1.807, 2.05) is 32.0 Å². The molecule has 194 valence electrons. The molecule has 1 amide bonds. The summed E-state index contributed by atoms with van der Waals surface area (Å²) < 4.78 is 40.6. The van der Waals surface area contributed by atoms with Crippen LogP contribution < -0.4 is 19.8 Å². The molecule has 1 unspecified atom stereocenters. The number of nitrogens with one attached hydrogen (secondary N) is 3. The zero-order valence-electron chi connectivity index (χ0n) is 20.8. The molecule has 1 saturated carbocycles. The van der Waals surface area contributed by atoms with Crippen LogP contribution in [0.25, 0.3) is 11.2 Å². The SMILES string of the molecule is CC.CN(c1cc(N2CCC2)ccc1Nc1cc(NC(=O)C2CC2)nc2nc(C(F)F)[nH]c12)S(C)=O. The average molecular weight is 520 g/mol. The van der Waals surface area contributed by atoms with Crippen molar-refractivity contribution in [3.8, 4) is 0 Å². The van der Waals surface area contributed by atoms with Crippen LogP contribution >= 0.6 is 0 Å². The normalized spacial score (nSPS) is 15.7. The largest absolute Gasteiger partial charge is 0.371 e. The van der Waals surface area contributed by atoms with Crippen LogP contribution in [0.5, 0.6) is 0 Å². The number of halogens is 2. The van der Waals surface area contributed by atoms with Gasteiger partial charge in [0, 0.05) is 44.1 Å². The van der Waals surface area contributed by atoms with Crippen molar-refractivity contribution in [2.24, 2.45) is 5.92 Å². The summed E-state index contributed by atoms with van der Waals surface area (Å²) in [7, 11) is 0.439. The lowest BCUT2D eigenvalue weighted by Gasteiger charge is -2.34. The number of aromatic nitrogens is 3. The van der Waals surface area contributed by atoms with Gasteiger partial charge in [0.25, 0.3) is 6.43 Å². The quantitative estimate of drug-likeness (QED) is 0.389. The molecule has 1 atom stereocenters. The number of pyridine rings is 1. The minimum absolute atomic E-state index is 0.0430. The summed E-state index contributed by atoms with van der Waals surface area (Å²) in [6, 6.07) is 7.37. The Bertz CT molecular complexity index is 1270. The topological polar surface area (TPSA) is 106 Å². The van der Waals surface area contributed by atoms with Gasteiger partial charge < -0.3 is 20.5 Å². The van der Waals surface area contributed by atoms with Crippen molar-refractivity contribution in [2.75, 3.05) is 46.2 Å². The zero-order chi connectivity index (χ0) is 26.0. The first-order valence-electron chi connectivity index (χ1n) is 12.0. The maximum absolute atomic E-state index is 13.3. The minimum Gasteiger partial charge on any atom is -0.371 e. The van der Waals surface area contributed by atoms with Gasteiger partial charge in [0.05, 0.1) is 17.1 Å². The predicted molar refractivity (Wildman–Crippen MR) is 141 cm³/mol. The molecule has 1 aromatic carbocycles. The molecule has 0 spiro atoms. The molecular weight excluding hydrogens is 488 g/mol. The van der Waals surface area contributed by atoms with Gasteiger partial charge >= 0.3 is 0 Å². The Morgan fingerprint density at radius 2 is 1.92 bits per heavy atom. The molecular formula is C24H31F2N7O2S. The van der Waals surface area contributed by atoms with Crippen molar-refractivity contribution >= 4 is 56.6 Å². The molecule has 9 nitrogen and oxygen atoms in total. The van der Waals surface area contributed by atoms with E-state index in [4.69, 9.17) is 0 Å². The highest BCUT2D eigenvalue weighted by atomic mass is 32.2. The number of hydrogen-bond acceptors (Lipinski definition) is 6. The van der Waals surface area contributed by atoms with Gasteiger partial charge in [-0.1, -0.05) is 13.8 Å². The standard InChI is InChI=1S/C22H25F2N7O2S.C2H6/c1-30(34(2)33)16-10-13(31-8-3-9-31)6-7-14(16)25-15-11-17(27-22(32)12-4-5-12)26-20-18(15)28-21(29-20)19(23)24;1-2/h6-7,10-12,19H,3-5,8-9H2,1-2H3,(H3,25,26,27,28,29,32);1-2H3. The van der Waals surface area contributed by atoms with Crippen molar-refractivity contribution in [3.63, 3.8) is 0 Å². The van der Waals surface area contributed by atoms with E-state index in [-0.39, 0.29) is 28.8 Å². The third-order valence-electron chi connectivity index (χ3n) is 6.08. The van der Waals surface area contributed by atoms with Gasteiger partial charge in [-0.3, -0.25) is 9.10 Å².